The van der Waals surface area contributed by atoms with E-state index >= 15 is 0 Å². The standard InChI is InChI=1S/C25H33ClN2O3/c1-7-21(24(30)27-25(4,5)6)28(15-19-10-8-9-11-20(19)26)23(29)16-31-22-14-17(2)12-13-18(22)3/h8-14,21H,7,15-16H2,1-6H3,(H,27,30). The first-order valence-corrected chi connectivity index (χ1v) is 10.9. The van der Waals surface area contributed by atoms with E-state index in [2.05, 4.69) is 5.32 Å². The number of carbonyl (C=O) groups excluding carboxylic acids is 2. The van der Waals surface area contributed by atoms with Crippen molar-refractivity contribution in [2.75, 3.05) is 6.61 Å². The minimum Gasteiger partial charge on any atom is -0.483 e. The van der Waals surface area contributed by atoms with Crippen molar-refractivity contribution in [3.63, 3.8) is 0 Å². The lowest BCUT2D eigenvalue weighted by Gasteiger charge is -2.33. The number of amides is 2. The van der Waals surface area contributed by atoms with Crippen LogP contribution in [0, 0.1) is 13.8 Å². The first kappa shape index (κ1) is 24.7. The molecule has 1 N–H and O–H groups in total. The van der Waals surface area contributed by atoms with Crippen molar-refractivity contribution in [1.82, 2.24) is 10.2 Å². The number of benzene rings is 2. The van der Waals surface area contributed by atoms with E-state index in [4.69, 9.17) is 16.3 Å². The number of carbonyl (C=O) groups is 2. The van der Waals surface area contributed by atoms with E-state index < -0.39 is 11.6 Å². The highest BCUT2D eigenvalue weighted by atomic mass is 35.5. The summed E-state index contributed by atoms with van der Waals surface area (Å²) in [6, 6.07) is 12.6. The molecule has 0 heterocycles. The van der Waals surface area contributed by atoms with Gasteiger partial charge in [-0.1, -0.05) is 48.9 Å². The minimum atomic E-state index is -0.634. The van der Waals surface area contributed by atoms with Crippen molar-refractivity contribution in [2.24, 2.45) is 0 Å². The van der Waals surface area contributed by atoms with E-state index in [1.54, 1.807) is 11.0 Å². The number of aryl methyl sites for hydroxylation is 2. The number of nitrogens with one attached hydrogen (secondary N) is 1. The third-order valence-corrected chi connectivity index (χ3v) is 5.25. The zero-order chi connectivity index (χ0) is 23.2. The van der Waals surface area contributed by atoms with Crippen molar-refractivity contribution in [3.8, 4) is 5.75 Å². The number of nitrogens with zero attached hydrogens (tertiary/aromatic N) is 1. The zero-order valence-corrected chi connectivity index (χ0v) is 20.0. The van der Waals surface area contributed by atoms with E-state index in [-0.39, 0.29) is 25.0 Å². The number of ether oxygens (including phenoxy) is 1. The largest absolute Gasteiger partial charge is 0.483 e. The van der Waals surface area contributed by atoms with E-state index in [0.29, 0.717) is 17.2 Å². The van der Waals surface area contributed by atoms with Gasteiger partial charge in [-0.2, -0.15) is 0 Å². The Morgan fingerprint density at radius 1 is 1.13 bits per heavy atom. The van der Waals surface area contributed by atoms with Crippen LogP contribution < -0.4 is 10.1 Å². The van der Waals surface area contributed by atoms with Crippen LogP contribution in [0.2, 0.25) is 5.02 Å². The molecule has 5 nitrogen and oxygen atoms in total. The second-order valence-electron chi connectivity index (χ2n) is 8.83. The summed E-state index contributed by atoms with van der Waals surface area (Å²) >= 11 is 6.35. The van der Waals surface area contributed by atoms with Crippen molar-refractivity contribution in [2.45, 2.75) is 66.1 Å². The quantitative estimate of drug-likeness (QED) is 0.619. The maximum Gasteiger partial charge on any atom is 0.261 e. The molecule has 0 saturated heterocycles. The molecule has 1 atom stereocenters. The monoisotopic (exact) mass is 444 g/mol. The molecule has 6 heteroatoms. The molecule has 2 aromatic carbocycles. The maximum absolute atomic E-state index is 13.3. The fourth-order valence-electron chi connectivity index (χ4n) is 3.27. The lowest BCUT2D eigenvalue weighted by atomic mass is 10.1. The summed E-state index contributed by atoms with van der Waals surface area (Å²) in [7, 11) is 0. The molecule has 31 heavy (non-hydrogen) atoms. The van der Waals surface area contributed by atoms with E-state index in [9.17, 15) is 9.59 Å². The lowest BCUT2D eigenvalue weighted by molar-refractivity contribution is -0.143. The Labute approximate surface area is 190 Å². The summed E-state index contributed by atoms with van der Waals surface area (Å²) in [5.41, 5.74) is 2.38. The predicted octanol–water partition coefficient (Wildman–Crippen LogP) is 5.06. The van der Waals surface area contributed by atoms with Crippen LogP contribution in [0.3, 0.4) is 0 Å². The zero-order valence-electron chi connectivity index (χ0n) is 19.3. The van der Waals surface area contributed by atoms with Crippen LogP contribution in [0.4, 0.5) is 0 Å². The van der Waals surface area contributed by atoms with Gasteiger partial charge in [0, 0.05) is 17.1 Å². The van der Waals surface area contributed by atoms with Gasteiger partial charge in [0.15, 0.2) is 6.61 Å². The van der Waals surface area contributed by atoms with Gasteiger partial charge in [-0.25, -0.2) is 0 Å². The summed E-state index contributed by atoms with van der Waals surface area (Å²) in [6.07, 6.45) is 0.474. The minimum absolute atomic E-state index is 0.159. The molecule has 0 aliphatic heterocycles. The van der Waals surface area contributed by atoms with Crippen LogP contribution >= 0.6 is 11.6 Å². The first-order valence-electron chi connectivity index (χ1n) is 10.6. The molecule has 2 aromatic rings. The van der Waals surface area contributed by atoms with Gasteiger partial charge in [0.2, 0.25) is 5.91 Å². The highest BCUT2D eigenvalue weighted by molar-refractivity contribution is 6.31. The molecule has 168 valence electrons. The Hall–Kier alpha value is -2.53. The third kappa shape index (κ3) is 7.28. The molecule has 0 aliphatic rings. The summed E-state index contributed by atoms with van der Waals surface area (Å²) in [5, 5.41) is 3.55. The molecule has 0 radical (unpaired) electrons. The van der Waals surface area contributed by atoms with E-state index in [1.165, 1.54) is 0 Å². The molecule has 0 bridgehead atoms. The van der Waals surface area contributed by atoms with Crippen molar-refractivity contribution in [3.05, 3.63) is 64.2 Å². The second kappa shape index (κ2) is 10.7. The molecule has 0 aromatic heterocycles. The average Bonchev–Trinajstić information content (AvgIpc) is 2.68. The summed E-state index contributed by atoms with van der Waals surface area (Å²) in [4.78, 5) is 27.8. The predicted molar refractivity (Wildman–Crippen MR) is 125 cm³/mol. The van der Waals surface area contributed by atoms with Gasteiger partial charge >= 0.3 is 0 Å². The van der Waals surface area contributed by atoms with Gasteiger partial charge in [-0.05, 0) is 69.9 Å². The highest BCUT2D eigenvalue weighted by Gasteiger charge is 2.31. The summed E-state index contributed by atoms with van der Waals surface area (Å²) in [5.74, 6) is 0.206. The van der Waals surface area contributed by atoms with Gasteiger partial charge in [-0.15, -0.1) is 0 Å². The molecule has 0 aliphatic carbocycles. The van der Waals surface area contributed by atoms with E-state index in [0.717, 1.165) is 16.7 Å². The number of halogens is 1. The summed E-state index contributed by atoms with van der Waals surface area (Å²) < 4.78 is 5.85. The Balaban J connectivity index is 2.28. The van der Waals surface area contributed by atoms with Crippen molar-refractivity contribution >= 4 is 23.4 Å². The Morgan fingerprint density at radius 3 is 2.42 bits per heavy atom. The normalized spacial score (nSPS) is 12.2. The molecule has 0 spiro atoms. The maximum atomic E-state index is 13.3. The summed E-state index contributed by atoms with van der Waals surface area (Å²) in [6.45, 7) is 11.6. The van der Waals surface area contributed by atoms with Crippen LogP contribution in [0.5, 0.6) is 5.75 Å². The van der Waals surface area contributed by atoms with Gasteiger partial charge in [0.05, 0.1) is 0 Å². The molecular formula is C25H33ClN2O3. The smallest absolute Gasteiger partial charge is 0.261 e. The Bertz CT molecular complexity index is 921. The topological polar surface area (TPSA) is 58.6 Å². The van der Waals surface area contributed by atoms with Crippen molar-refractivity contribution in [1.29, 1.82) is 0 Å². The number of rotatable bonds is 8. The third-order valence-electron chi connectivity index (χ3n) is 4.88. The first-order chi connectivity index (χ1) is 14.5. The lowest BCUT2D eigenvalue weighted by Crippen LogP contribution is -2.54. The fourth-order valence-corrected chi connectivity index (χ4v) is 3.46. The second-order valence-corrected chi connectivity index (χ2v) is 9.24. The SMILES string of the molecule is CCC(C(=O)NC(C)(C)C)N(Cc1ccccc1Cl)C(=O)COc1cc(C)ccc1C. The Kier molecular flexibility index (Phi) is 8.52. The van der Waals surface area contributed by atoms with Crippen LogP contribution in [-0.4, -0.2) is 34.9 Å². The van der Waals surface area contributed by atoms with Crippen LogP contribution in [0.25, 0.3) is 0 Å². The van der Waals surface area contributed by atoms with Gasteiger partial charge in [-0.3, -0.25) is 9.59 Å². The molecule has 1 unspecified atom stereocenters. The van der Waals surface area contributed by atoms with E-state index in [1.807, 2.05) is 77.9 Å². The van der Waals surface area contributed by atoms with Gasteiger partial charge in [0.1, 0.15) is 11.8 Å². The van der Waals surface area contributed by atoms with Crippen molar-refractivity contribution < 1.29 is 14.3 Å². The van der Waals surface area contributed by atoms with Gasteiger partial charge < -0.3 is 15.0 Å². The molecular weight excluding hydrogens is 412 g/mol. The Morgan fingerprint density at radius 2 is 1.81 bits per heavy atom. The number of hydrogen-bond donors (Lipinski definition) is 1. The number of hydrogen-bond acceptors (Lipinski definition) is 3. The molecule has 0 fully saturated rings. The van der Waals surface area contributed by atoms with Gasteiger partial charge in [0.25, 0.3) is 5.91 Å². The molecule has 2 amide bonds. The molecule has 2 rings (SSSR count). The highest BCUT2D eigenvalue weighted by Crippen LogP contribution is 2.22. The van der Waals surface area contributed by atoms with Crippen LogP contribution in [-0.2, 0) is 16.1 Å². The average molecular weight is 445 g/mol. The van der Waals surface area contributed by atoms with Crippen LogP contribution in [0.15, 0.2) is 42.5 Å². The fraction of sp³-hybridized carbons (Fsp3) is 0.440. The van der Waals surface area contributed by atoms with Crippen LogP contribution in [0.1, 0.15) is 50.8 Å². The molecule has 0 saturated carbocycles.